The van der Waals surface area contributed by atoms with Crippen LogP contribution in [0.15, 0.2) is 60.8 Å². The van der Waals surface area contributed by atoms with E-state index in [0.717, 1.165) is 18.2 Å². The number of fused-ring (bicyclic) bond motifs is 2. The quantitative estimate of drug-likeness (QED) is 0.236. The van der Waals surface area contributed by atoms with Crippen LogP contribution in [0.2, 0.25) is 0 Å². The molecule has 0 saturated carbocycles. The van der Waals surface area contributed by atoms with Gasteiger partial charge in [-0.15, -0.1) is 0 Å². The molecule has 0 radical (unpaired) electrons. The van der Waals surface area contributed by atoms with Crippen molar-refractivity contribution in [3.8, 4) is 17.0 Å². The topological polar surface area (TPSA) is 127 Å². The van der Waals surface area contributed by atoms with E-state index in [9.17, 15) is 31.9 Å². The van der Waals surface area contributed by atoms with Crippen molar-refractivity contribution in [2.75, 3.05) is 13.2 Å². The van der Waals surface area contributed by atoms with Crippen molar-refractivity contribution in [2.45, 2.75) is 23.9 Å². The molecule has 0 fully saturated rings. The lowest BCUT2D eigenvalue weighted by Crippen LogP contribution is -2.53. The predicted octanol–water partition coefficient (Wildman–Crippen LogP) is 3.93. The van der Waals surface area contributed by atoms with Gasteiger partial charge < -0.3 is 25.6 Å². The third-order valence-corrected chi connectivity index (χ3v) is 7.27. The molecule has 5 rings (SSSR count). The first-order chi connectivity index (χ1) is 18.9. The molecule has 2 amide bonds. The summed E-state index contributed by atoms with van der Waals surface area (Å²) in [6.07, 6.45) is -3.98. The number of H-pyrrole nitrogens is 1. The molecule has 0 spiro atoms. The van der Waals surface area contributed by atoms with Gasteiger partial charge in [-0.2, -0.15) is 13.2 Å². The van der Waals surface area contributed by atoms with Crippen LogP contribution in [0, 0.1) is 5.82 Å². The molecule has 0 unspecified atom stereocenters. The summed E-state index contributed by atoms with van der Waals surface area (Å²) in [6, 6.07) is 12.0. The number of aromatic nitrogens is 2. The molecule has 40 heavy (non-hydrogen) atoms. The molecule has 2 aromatic heterocycles. The molecule has 3 heterocycles. The molecule has 2 atom stereocenters. The molecule has 2 aromatic carbocycles. The van der Waals surface area contributed by atoms with Crippen LogP contribution in [0.5, 0.6) is 5.75 Å². The fraction of sp³-hybridized carbons (Fsp3) is 0.214. The van der Waals surface area contributed by atoms with Gasteiger partial charge in [0, 0.05) is 40.3 Å². The summed E-state index contributed by atoms with van der Waals surface area (Å²) in [4.78, 5) is 44.9. The molecule has 12 heteroatoms. The number of carbonyl (C=O) groups excluding carboxylic acids is 3. The number of aromatic amines is 1. The highest BCUT2D eigenvalue weighted by Crippen LogP contribution is 2.48. The van der Waals surface area contributed by atoms with Crippen LogP contribution in [-0.4, -0.2) is 47.4 Å². The van der Waals surface area contributed by atoms with E-state index in [-0.39, 0.29) is 41.0 Å². The fourth-order valence-corrected chi connectivity index (χ4v) is 4.72. The Labute approximate surface area is 224 Å². The number of benzene rings is 2. The number of nitrogens with two attached hydrogens (primary N) is 1. The van der Waals surface area contributed by atoms with Crippen LogP contribution in [0.1, 0.15) is 28.5 Å². The van der Waals surface area contributed by atoms with Crippen molar-refractivity contribution in [3.63, 3.8) is 0 Å². The molecule has 1 aliphatic heterocycles. The average Bonchev–Trinajstić information content (AvgIpc) is 3.54. The van der Waals surface area contributed by atoms with Gasteiger partial charge in [-0.1, -0.05) is 6.07 Å². The fourth-order valence-electron chi connectivity index (χ4n) is 4.72. The maximum atomic E-state index is 14.8. The molecular weight excluding hydrogens is 532 g/mol. The Morgan fingerprint density at radius 2 is 1.90 bits per heavy atom. The van der Waals surface area contributed by atoms with Gasteiger partial charge in [-0.05, 0) is 55.5 Å². The van der Waals surface area contributed by atoms with Crippen molar-refractivity contribution >= 4 is 29.0 Å². The zero-order valence-corrected chi connectivity index (χ0v) is 20.9. The second kappa shape index (κ2) is 9.47. The number of nitrogens with zero attached hydrogens (tertiary/aromatic N) is 1. The van der Waals surface area contributed by atoms with Gasteiger partial charge in [0.25, 0.3) is 5.91 Å². The second-order valence-corrected chi connectivity index (χ2v) is 9.74. The number of hydrogen-bond donors (Lipinski definition) is 3. The Hall–Kier alpha value is -4.74. The van der Waals surface area contributed by atoms with Crippen LogP contribution in [0.4, 0.5) is 17.6 Å². The summed E-state index contributed by atoms with van der Waals surface area (Å²) in [6.45, 7) is -0.0776. The van der Waals surface area contributed by atoms with E-state index < -0.39 is 46.9 Å². The summed E-state index contributed by atoms with van der Waals surface area (Å²) in [7, 11) is 0. The number of ether oxygens (including phenoxy) is 1. The molecule has 1 aliphatic rings. The molecule has 0 aliphatic carbocycles. The van der Waals surface area contributed by atoms with Crippen molar-refractivity contribution in [2.24, 2.45) is 5.73 Å². The number of aldehydes is 1. The van der Waals surface area contributed by atoms with Crippen LogP contribution in [0.3, 0.4) is 0 Å². The standard InChI is InChI=1S/C28H22F4N4O4/c1-26(25(33)39)14-40-23-19(26)11-21(36-22(23)15-5-7-16(29)8-6-15)27(13-37,28(30,31)32)12-35-24(38)18-3-2-4-20-17(18)9-10-34-20/h2-11,13,34H,12,14H2,1H3,(H2,33,39)(H,35,38)/t26-,27-/m0/s1. The first-order valence-electron chi connectivity index (χ1n) is 12.0. The number of primary amides is 1. The molecule has 0 saturated heterocycles. The van der Waals surface area contributed by atoms with Crippen molar-refractivity contribution in [1.82, 2.24) is 15.3 Å². The zero-order valence-electron chi connectivity index (χ0n) is 20.9. The largest absolute Gasteiger partial charge is 0.489 e. The minimum Gasteiger partial charge on any atom is -0.489 e. The summed E-state index contributed by atoms with van der Waals surface area (Å²) in [5, 5.41) is 2.72. The third kappa shape index (κ3) is 4.16. The minimum absolute atomic E-state index is 0.0109. The van der Waals surface area contributed by atoms with E-state index in [1.165, 1.54) is 25.1 Å². The lowest BCUT2D eigenvalue weighted by atomic mass is 9.78. The van der Waals surface area contributed by atoms with Gasteiger partial charge >= 0.3 is 6.18 Å². The number of pyridine rings is 1. The Balaban J connectivity index is 1.65. The maximum absolute atomic E-state index is 14.8. The number of alkyl halides is 3. The van der Waals surface area contributed by atoms with E-state index in [2.05, 4.69) is 15.3 Å². The second-order valence-electron chi connectivity index (χ2n) is 9.74. The van der Waals surface area contributed by atoms with Crippen molar-refractivity contribution < 1.29 is 36.7 Å². The highest BCUT2D eigenvalue weighted by molar-refractivity contribution is 6.06. The minimum atomic E-state index is -5.23. The Bertz CT molecular complexity index is 1650. The van der Waals surface area contributed by atoms with Gasteiger partial charge in [-0.25, -0.2) is 9.37 Å². The zero-order chi connectivity index (χ0) is 28.9. The summed E-state index contributed by atoms with van der Waals surface area (Å²) in [5.41, 5.74) is 0.664. The van der Waals surface area contributed by atoms with E-state index in [4.69, 9.17) is 10.5 Å². The van der Waals surface area contributed by atoms with Gasteiger partial charge in [0.2, 0.25) is 5.91 Å². The first kappa shape index (κ1) is 26.9. The SMILES string of the molecule is C[C@]1(C(N)=O)COc2c1cc([C@@](C=O)(CNC(=O)c1cccc3[nH]ccc13)C(F)(F)F)nc2-c1ccc(F)cc1. The number of nitrogens with one attached hydrogen (secondary N) is 2. The predicted molar refractivity (Wildman–Crippen MR) is 136 cm³/mol. The highest BCUT2D eigenvalue weighted by Gasteiger charge is 2.59. The smallest absolute Gasteiger partial charge is 0.408 e. The van der Waals surface area contributed by atoms with E-state index in [1.54, 1.807) is 24.4 Å². The van der Waals surface area contributed by atoms with Gasteiger partial charge in [0.1, 0.15) is 35.6 Å². The lowest BCUT2D eigenvalue weighted by Gasteiger charge is -2.31. The Kier molecular flexibility index (Phi) is 6.36. The number of rotatable bonds is 7. The number of halogens is 4. The van der Waals surface area contributed by atoms with Crippen LogP contribution in [0.25, 0.3) is 22.2 Å². The lowest BCUT2D eigenvalue weighted by molar-refractivity contribution is -0.186. The van der Waals surface area contributed by atoms with Crippen LogP contribution < -0.4 is 15.8 Å². The van der Waals surface area contributed by atoms with Crippen molar-refractivity contribution in [1.29, 1.82) is 0 Å². The monoisotopic (exact) mass is 554 g/mol. The summed E-state index contributed by atoms with van der Waals surface area (Å²) >= 11 is 0. The molecule has 206 valence electrons. The molecule has 8 nitrogen and oxygen atoms in total. The van der Waals surface area contributed by atoms with E-state index in [0.29, 0.717) is 10.9 Å². The third-order valence-electron chi connectivity index (χ3n) is 7.27. The van der Waals surface area contributed by atoms with E-state index in [1.807, 2.05) is 0 Å². The molecule has 0 bridgehead atoms. The van der Waals surface area contributed by atoms with Crippen LogP contribution >= 0.6 is 0 Å². The number of amides is 2. The van der Waals surface area contributed by atoms with Gasteiger partial charge in [0.05, 0.1) is 5.69 Å². The molecular formula is C28H22F4N4O4. The van der Waals surface area contributed by atoms with E-state index >= 15 is 0 Å². The summed E-state index contributed by atoms with van der Waals surface area (Å²) < 4.78 is 63.7. The summed E-state index contributed by atoms with van der Waals surface area (Å²) in [5.74, 6) is -2.32. The molecule has 4 N–H and O–H groups in total. The number of carbonyl (C=O) groups is 3. The number of hydrogen-bond acceptors (Lipinski definition) is 5. The van der Waals surface area contributed by atoms with Gasteiger partial charge in [0.15, 0.2) is 5.41 Å². The normalized spacial score (nSPS) is 18.0. The van der Waals surface area contributed by atoms with Crippen LogP contribution in [-0.2, 0) is 20.4 Å². The highest BCUT2D eigenvalue weighted by atomic mass is 19.4. The van der Waals surface area contributed by atoms with Gasteiger partial charge in [-0.3, -0.25) is 9.59 Å². The Morgan fingerprint density at radius 3 is 2.55 bits per heavy atom. The van der Waals surface area contributed by atoms with Crippen molar-refractivity contribution in [3.05, 3.63) is 83.4 Å². The average molecular weight is 555 g/mol. The first-order valence-corrected chi connectivity index (χ1v) is 12.0. The Morgan fingerprint density at radius 1 is 1.18 bits per heavy atom. The molecule has 4 aromatic rings. The maximum Gasteiger partial charge on any atom is 0.408 e.